The van der Waals surface area contributed by atoms with Crippen LogP contribution in [0, 0.1) is 5.41 Å². The van der Waals surface area contributed by atoms with E-state index in [0.29, 0.717) is 16.3 Å². The zero-order valence-electron chi connectivity index (χ0n) is 16.7. The molecule has 1 aromatic carbocycles. The van der Waals surface area contributed by atoms with Gasteiger partial charge in [-0.2, -0.15) is 5.10 Å². The van der Waals surface area contributed by atoms with Crippen LogP contribution in [0.1, 0.15) is 32.6 Å². The summed E-state index contributed by atoms with van der Waals surface area (Å²) in [5.74, 6) is 0.418. The molecule has 1 saturated carbocycles. The summed E-state index contributed by atoms with van der Waals surface area (Å²) in [5, 5.41) is 18.7. The Labute approximate surface area is 179 Å². The van der Waals surface area contributed by atoms with E-state index in [9.17, 15) is 4.79 Å². The van der Waals surface area contributed by atoms with Crippen LogP contribution in [-0.2, 0) is 4.79 Å². The predicted molar refractivity (Wildman–Crippen MR) is 113 cm³/mol. The minimum atomic E-state index is -0.433. The Morgan fingerprint density at radius 1 is 1.23 bits per heavy atom. The summed E-state index contributed by atoms with van der Waals surface area (Å²) in [4.78, 5) is 14.7. The number of benzene rings is 1. The van der Waals surface area contributed by atoms with Gasteiger partial charge in [0.05, 0.1) is 5.69 Å². The van der Waals surface area contributed by atoms with Crippen LogP contribution in [0.25, 0.3) is 22.7 Å². The number of hydrogen-bond donors (Lipinski definition) is 2. The summed E-state index contributed by atoms with van der Waals surface area (Å²) < 4.78 is 5.76. The predicted octanol–water partition coefficient (Wildman–Crippen LogP) is 3.98. The lowest BCUT2D eigenvalue weighted by molar-refractivity contribution is -0.133. The van der Waals surface area contributed by atoms with Gasteiger partial charge in [0.25, 0.3) is 0 Å². The molecule has 5 rings (SSSR count). The van der Waals surface area contributed by atoms with Crippen molar-refractivity contribution in [2.75, 3.05) is 18.4 Å². The van der Waals surface area contributed by atoms with Crippen LogP contribution >= 0.6 is 11.6 Å². The molecule has 2 aliphatic rings. The number of likely N-dealkylation sites (tertiary alicyclic amines) is 1. The highest BCUT2D eigenvalue weighted by Gasteiger charge is 2.45. The van der Waals surface area contributed by atoms with Crippen LogP contribution in [0.4, 0.5) is 6.01 Å². The van der Waals surface area contributed by atoms with Gasteiger partial charge in [-0.15, -0.1) is 5.10 Å². The van der Waals surface area contributed by atoms with E-state index in [1.54, 1.807) is 12.3 Å². The second-order valence-corrected chi connectivity index (χ2v) is 8.68. The molecule has 1 atom stereocenters. The molecule has 1 spiro atoms. The summed E-state index contributed by atoms with van der Waals surface area (Å²) in [6.07, 6.45) is 6.54. The Hall–Kier alpha value is -2.87. The van der Waals surface area contributed by atoms with Gasteiger partial charge in [0.15, 0.2) is 0 Å². The number of nitrogens with zero attached hydrogens (tertiary/aromatic N) is 4. The van der Waals surface area contributed by atoms with E-state index in [1.165, 1.54) is 12.8 Å². The maximum atomic E-state index is 12.8. The molecule has 0 unspecified atom stereocenters. The number of carbonyl (C=O) groups is 1. The smallest absolute Gasteiger partial charge is 0.316 e. The molecule has 30 heavy (non-hydrogen) atoms. The number of amides is 1. The lowest BCUT2D eigenvalue weighted by atomic mass is 9.93. The molecule has 3 aromatic rings. The van der Waals surface area contributed by atoms with Crippen molar-refractivity contribution in [2.45, 2.75) is 38.6 Å². The Morgan fingerprint density at radius 3 is 2.73 bits per heavy atom. The van der Waals surface area contributed by atoms with Crippen molar-refractivity contribution in [1.82, 2.24) is 25.3 Å². The number of halogens is 1. The lowest BCUT2D eigenvalue weighted by Crippen LogP contribution is -2.45. The highest BCUT2D eigenvalue weighted by Crippen LogP contribution is 2.53. The van der Waals surface area contributed by atoms with Crippen LogP contribution in [0.15, 0.2) is 34.9 Å². The molecule has 2 fully saturated rings. The van der Waals surface area contributed by atoms with E-state index in [2.05, 4.69) is 25.7 Å². The molecule has 0 bridgehead atoms. The van der Waals surface area contributed by atoms with Crippen molar-refractivity contribution >= 4 is 23.5 Å². The van der Waals surface area contributed by atoms with Crippen LogP contribution < -0.4 is 5.32 Å². The minimum absolute atomic E-state index is 0.0678. The first-order valence-electron chi connectivity index (χ1n) is 10.2. The SMILES string of the molecule is C[C@@H](Nc1nnc(-c2ccc(Cl)c(-c3ccn[nH]3)c2)o1)C(=O)N1CCC2(CC1)CC2. The monoisotopic (exact) mass is 426 g/mol. The average molecular weight is 427 g/mol. The number of anilines is 1. The molecule has 9 heteroatoms. The fraction of sp³-hybridized carbons (Fsp3) is 0.429. The normalized spacial score (nSPS) is 18.4. The number of H-pyrrole nitrogens is 1. The van der Waals surface area contributed by atoms with Crippen LogP contribution in [-0.4, -0.2) is 50.3 Å². The van der Waals surface area contributed by atoms with E-state index < -0.39 is 6.04 Å². The van der Waals surface area contributed by atoms with Gasteiger partial charge in [0.2, 0.25) is 11.8 Å². The molecule has 1 amide bonds. The Balaban J connectivity index is 1.26. The van der Waals surface area contributed by atoms with Crippen molar-refractivity contribution in [3.8, 4) is 22.7 Å². The first-order valence-corrected chi connectivity index (χ1v) is 10.6. The second kappa shape index (κ2) is 7.43. The van der Waals surface area contributed by atoms with Gasteiger partial charge in [-0.25, -0.2) is 0 Å². The third kappa shape index (κ3) is 3.67. The molecule has 156 valence electrons. The second-order valence-electron chi connectivity index (χ2n) is 8.27. The van der Waals surface area contributed by atoms with Gasteiger partial charge in [-0.3, -0.25) is 9.89 Å². The number of carbonyl (C=O) groups excluding carboxylic acids is 1. The molecular formula is C21H23ClN6O2. The summed E-state index contributed by atoms with van der Waals surface area (Å²) in [5.41, 5.74) is 2.87. The van der Waals surface area contributed by atoms with Crippen molar-refractivity contribution in [3.05, 3.63) is 35.5 Å². The molecule has 1 aliphatic heterocycles. The van der Waals surface area contributed by atoms with Crippen molar-refractivity contribution in [3.63, 3.8) is 0 Å². The van der Waals surface area contributed by atoms with Crippen LogP contribution in [0.5, 0.6) is 0 Å². The molecule has 3 heterocycles. The minimum Gasteiger partial charge on any atom is -0.403 e. The van der Waals surface area contributed by atoms with Crippen molar-refractivity contribution in [2.24, 2.45) is 5.41 Å². The highest BCUT2D eigenvalue weighted by molar-refractivity contribution is 6.33. The van der Waals surface area contributed by atoms with E-state index in [0.717, 1.165) is 42.8 Å². The molecular weight excluding hydrogens is 404 g/mol. The van der Waals surface area contributed by atoms with E-state index in [-0.39, 0.29) is 11.9 Å². The molecule has 8 nitrogen and oxygen atoms in total. The standard InChI is InChI=1S/C21H23ClN6O2/c1-13(19(29)28-10-7-21(5-6-21)8-11-28)24-20-27-26-18(30-20)14-2-3-16(22)15(12-14)17-4-9-23-25-17/h2-4,9,12-13H,5-8,10-11H2,1H3,(H,23,25)(H,24,27)/t13-/m1/s1. The number of aromatic nitrogens is 4. The zero-order valence-corrected chi connectivity index (χ0v) is 17.4. The Morgan fingerprint density at radius 2 is 2.03 bits per heavy atom. The van der Waals surface area contributed by atoms with Gasteiger partial charge in [-0.1, -0.05) is 16.7 Å². The summed E-state index contributed by atoms with van der Waals surface area (Å²) in [6, 6.07) is 7.08. The Bertz CT molecular complexity index is 1050. The number of nitrogens with one attached hydrogen (secondary N) is 2. The summed E-state index contributed by atoms with van der Waals surface area (Å²) in [6.45, 7) is 3.49. The van der Waals surface area contributed by atoms with Crippen LogP contribution in [0.3, 0.4) is 0 Å². The molecule has 0 radical (unpaired) electrons. The number of aromatic amines is 1. The fourth-order valence-corrected chi connectivity index (χ4v) is 4.29. The zero-order chi connectivity index (χ0) is 20.7. The molecule has 1 saturated heterocycles. The third-order valence-corrected chi connectivity index (χ3v) is 6.56. The maximum Gasteiger partial charge on any atom is 0.316 e. The first-order chi connectivity index (χ1) is 14.5. The highest BCUT2D eigenvalue weighted by atomic mass is 35.5. The van der Waals surface area contributed by atoms with E-state index >= 15 is 0 Å². The Kier molecular flexibility index (Phi) is 4.73. The number of piperidine rings is 1. The molecule has 2 N–H and O–H groups in total. The quantitative estimate of drug-likeness (QED) is 0.640. The maximum absolute atomic E-state index is 12.8. The number of rotatable bonds is 5. The average Bonchev–Trinajstić information content (AvgIpc) is 3.15. The largest absolute Gasteiger partial charge is 0.403 e. The fourth-order valence-electron chi connectivity index (χ4n) is 4.07. The van der Waals surface area contributed by atoms with Gasteiger partial charge >= 0.3 is 6.01 Å². The van der Waals surface area contributed by atoms with Crippen molar-refractivity contribution < 1.29 is 9.21 Å². The molecule has 1 aliphatic carbocycles. The first kappa shape index (κ1) is 19.1. The van der Waals surface area contributed by atoms with Gasteiger partial charge in [0.1, 0.15) is 6.04 Å². The third-order valence-electron chi connectivity index (χ3n) is 6.23. The summed E-state index contributed by atoms with van der Waals surface area (Å²) in [7, 11) is 0. The summed E-state index contributed by atoms with van der Waals surface area (Å²) >= 11 is 6.31. The number of hydrogen-bond acceptors (Lipinski definition) is 6. The molecule has 2 aromatic heterocycles. The van der Waals surface area contributed by atoms with Crippen molar-refractivity contribution in [1.29, 1.82) is 0 Å². The van der Waals surface area contributed by atoms with E-state index in [4.69, 9.17) is 16.0 Å². The van der Waals surface area contributed by atoms with Gasteiger partial charge in [-0.05, 0) is 62.3 Å². The van der Waals surface area contributed by atoms with Gasteiger partial charge < -0.3 is 14.6 Å². The van der Waals surface area contributed by atoms with Gasteiger partial charge in [0, 0.05) is 35.4 Å². The lowest BCUT2D eigenvalue weighted by Gasteiger charge is -2.33. The van der Waals surface area contributed by atoms with Crippen LogP contribution in [0.2, 0.25) is 5.02 Å². The topological polar surface area (TPSA) is 99.9 Å². The van der Waals surface area contributed by atoms with E-state index in [1.807, 2.05) is 30.0 Å².